The molecule has 0 bridgehead atoms. The molecule has 2 aromatic rings. The van der Waals surface area contributed by atoms with Gasteiger partial charge in [-0.15, -0.1) is 0 Å². The van der Waals surface area contributed by atoms with Crippen LogP contribution in [0, 0.1) is 0 Å². The summed E-state index contributed by atoms with van der Waals surface area (Å²) in [5.41, 5.74) is 4.90. The fourth-order valence-electron chi connectivity index (χ4n) is 3.21. The second kappa shape index (κ2) is 9.12. The van der Waals surface area contributed by atoms with Gasteiger partial charge >= 0.3 is 0 Å². The molecule has 6 nitrogen and oxygen atoms in total. The van der Waals surface area contributed by atoms with Crippen molar-refractivity contribution in [2.45, 2.75) is 25.4 Å². The van der Waals surface area contributed by atoms with E-state index in [0.29, 0.717) is 6.04 Å². The molecule has 2 heterocycles. The molecule has 1 saturated heterocycles. The summed E-state index contributed by atoms with van der Waals surface area (Å²) in [5, 5.41) is 12.2. The lowest BCUT2D eigenvalue weighted by atomic mass is 10.0. The Labute approximate surface area is 153 Å². The zero-order chi connectivity index (χ0) is 18.2. The third kappa shape index (κ3) is 4.91. The van der Waals surface area contributed by atoms with Crippen LogP contribution in [0.2, 0.25) is 0 Å². The number of amides is 1. The number of hydrogen-bond donors (Lipinski definition) is 3. The van der Waals surface area contributed by atoms with Gasteiger partial charge in [-0.05, 0) is 42.2 Å². The molecule has 3 N–H and O–H groups in total. The molecule has 0 aliphatic carbocycles. The number of benzene rings is 1. The van der Waals surface area contributed by atoms with Gasteiger partial charge in [-0.25, -0.2) is 5.48 Å². The molecule has 0 atom stereocenters. The molecule has 1 fully saturated rings. The van der Waals surface area contributed by atoms with E-state index in [-0.39, 0.29) is 0 Å². The Kier molecular flexibility index (Phi) is 6.35. The van der Waals surface area contributed by atoms with E-state index >= 15 is 0 Å². The third-order valence-electron chi connectivity index (χ3n) is 4.61. The van der Waals surface area contributed by atoms with Crippen molar-refractivity contribution in [3.05, 3.63) is 66.0 Å². The largest absolute Gasteiger partial charge is 0.371 e. The lowest BCUT2D eigenvalue weighted by Gasteiger charge is -2.35. The molecule has 3 rings (SSSR count). The molecule has 0 unspecified atom stereocenters. The number of carbonyl (C=O) groups excluding carboxylic acids is 1. The number of hydrogen-bond acceptors (Lipinski definition) is 5. The Bertz CT molecular complexity index is 740. The van der Waals surface area contributed by atoms with Crippen LogP contribution in [0.15, 0.2) is 54.9 Å². The molecule has 0 radical (unpaired) electrons. The maximum absolute atomic E-state index is 11.2. The standard InChI is InChI=1S/C20H24N4O2/c25-20(23-26)8-7-17-5-1-2-6-19(17)24-12-9-18(10-13-24)22-15-16-4-3-11-21-14-16/h1-8,11,14,18,22,26H,9-10,12-13,15H2,(H,23,25). The highest BCUT2D eigenvalue weighted by Crippen LogP contribution is 2.25. The Balaban J connectivity index is 1.56. The highest BCUT2D eigenvalue weighted by Gasteiger charge is 2.20. The van der Waals surface area contributed by atoms with Crippen LogP contribution >= 0.6 is 0 Å². The number of nitrogens with one attached hydrogen (secondary N) is 2. The number of hydroxylamine groups is 1. The average Bonchev–Trinajstić information content (AvgIpc) is 2.72. The summed E-state index contributed by atoms with van der Waals surface area (Å²) in [7, 11) is 0. The van der Waals surface area contributed by atoms with Gasteiger partial charge < -0.3 is 10.2 Å². The van der Waals surface area contributed by atoms with Crippen molar-refractivity contribution in [1.29, 1.82) is 0 Å². The van der Waals surface area contributed by atoms with E-state index in [1.165, 1.54) is 11.6 Å². The smallest absolute Gasteiger partial charge is 0.267 e. The monoisotopic (exact) mass is 352 g/mol. The van der Waals surface area contributed by atoms with Crippen molar-refractivity contribution in [2.75, 3.05) is 18.0 Å². The van der Waals surface area contributed by atoms with Gasteiger partial charge in [0.25, 0.3) is 5.91 Å². The first-order valence-electron chi connectivity index (χ1n) is 8.84. The Morgan fingerprint density at radius 1 is 1.23 bits per heavy atom. The van der Waals surface area contributed by atoms with E-state index in [2.05, 4.69) is 27.3 Å². The van der Waals surface area contributed by atoms with Gasteiger partial charge in [-0.3, -0.25) is 15.0 Å². The second-order valence-corrected chi connectivity index (χ2v) is 6.37. The minimum atomic E-state index is -0.530. The topological polar surface area (TPSA) is 77.5 Å². The molecule has 1 amide bonds. The number of anilines is 1. The molecule has 1 aromatic carbocycles. The van der Waals surface area contributed by atoms with Crippen LogP contribution < -0.4 is 15.7 Å². The summed E-state index contributed by atoms with van der Waals surface area (Å²) in [5.74, 6) is -0.530. The lowest BCUT2D eigenvalue weighted by Crippen LogP contribution is -2.42. The summed E-state index contributed by atoms with van der Waals surface area (Å²) in [6.45, 7) is 2.76. The fraction of sp³-hybridized carbons (Fsp3) is 0.300. The average molecular weight is 352 g/mol. The van der Waals surface area contributed by atoms with Crippen LogP contribution in [0.25, 0.3) is 6.08 Å². The van der Waals surface area contributed by atoms with Crippen LogP contribution in [-0.2, 0) is 11.3 Å². The number of aromatic nitrogens is 1. The Hall–Kier alpha value is -2.70. The molecule has 1 aliphatic heterocycles. The summed E-state index contributed by atoms with van der Waals surface area (Å²) in [4.78, 5) is 17.7. The van der Waals surface area contributed by atoms with Crippen molar-refractivity contribution in [1.82, 2.24) is 15.8 Å². The molecular weight excluding hydrogens is 328 g/mol. The molecule has 26 heavy (non-hydrogen) atoms. The molecule has 136 valence electrons. The first-order chi connectivity index (χ1) is 12.8. The normalized spacial score (nSPS) is 15.3. The number of nitrogens with zero attached hydrogens (tertiary/aromatic N) is 2. The van der Waals surface area contributed by atoms with Crippen LogP contribution in [0.5, 0.6) is 0 Å². The molecule has 1 aromatic heterocycles. The van der Waals surface area contributed by atoms with Crippen LogP contribution in [-0.4, -0.2) is 35.2 Å². The highest BCUT2D eigenvalue weighted by atomic mass is 16.5. The molecule has 1 aliphatic rings. The molecular formula is C20H24N4O2. The summed E-state index contributed by atoms with van der Waals surface area (Å²) < 4.78 is 0. The Morgan fingerprint density at radius 2 is 2.04 bits per heavy atom. The van der Waals surface area contributed by atoms with E-state index in [9.17, 15) is 4.79 Å². The van der Waals surface area contributed by atoms with Crippen LogP contribution in [0.1, 0.15) is 24.0 Å². The van der Waals surface area contributed by atoms with Gasteiger partial charge in [0, 0.05) is 49.8 Å². The number of para-hydroxylation sites is 1. The lowest BCUT2D eigenvalue weighted by molar-refractivity contribution is -0.124. The molecule has 0 saturated carbocycles. The first kappa shape index (κ1) is 18.1. The van der Waals surface area contributed by atoms with Gasteiger partial charge in [-0.1, -0.05) is 24.3 Å². The predicted octanol–water partition coefficient (Wildman–Crippen LogP) is 2.36. The minimum absolute atomic E-state index is 0.495. The minimum Gasteiger partial charge on any atom is -0.371 e. The van der Waals surface area contributed by atoms with Gasteiger partial charge in [0.2, 0.25) is 0 Å². The number of carbonyl (C=O) groups is 1. The first-order valence-corrected chi connectivity index (χ1v) is 8.84. The zero-order valence-electron chi connectivity index (χ0n) is 14.6. The number of rotatable bonds is 6. The summed E-state index contributed by atoms with van der Waals surface area (Å²) in [6, 6.07) is 12.5. The molecule has 6 heteroatoms. The predicted molar refractivity (Wildman–Crippen MR) is 102 cm³/mol. The van der Waals surface area contributed by atoms with Gasteiger partial charge in [0.1, 0.15) is 0 Å². The van der Waals surface area contributed by atoms with Crippen molar-refractivity contribution in [3.8, 4) is 0 Å². The van der Waals surface area contributed by atoms with Gasteiger partial charge in [0.05, 0.1) is 0 Å². The second-order valence-electron chi connectivity index (χ2n) is 6.37. The van der Waals surface area contributed by atoms with E-state index in [1.54, 1.807) is 17.8 Å². The van der Waals surface area contributed by atoms with E-state index in [1.807, 2.05) is 30.5 Å². The fourth-order valence-corrected chi connectivity index (χ4v) is 3.21. The number of pyridine rings is 1. The van der Waals surface area contributed by atoms with Gasteiger partial charge in [-0.2, -0.15) is 0 Å². The van der Waals surface area contributed by atoms with Crippen molar-refractivity contribution < 1.29 is 10.0 Å². The van der Waals surface area contributed by atoms with Crippen LogP contribution in [0.4, 0.5) is 5.69 Å². The molecule has 0 spiro atoms. The van der Waals surface area contributed by atoms with Gasteiger partial charge in [0.15, 0.2) is 0 Å². The van der Waals surface area contributed by atoms with Crippen molar-refractivity contribution in [3.63, 3.8) is 0 Å². The maximum Gasteiger partial charge on any atom is 0.267 e. The van der Waals surface area contributed by atoms with E-state index in [0.717, 1.165) is 43.7 Å². The maximum atomic E-state index is 11.2. The van der Waals surface area contributed by atoms with Crippen molar-refractivity contribution >= 4 is 17.7 Å². The SMILES string of the molecule is O=C(C=Cc1ccccc1N1CCC(NCc2cccnc2)CC1)NO. The highest BCUT2D eigenvalue weighted by molar-refractivity contribution is 5.91. The third-order valence-corrected chi connectivity index (χ3v) is 4.61. The van der Waals surface area contributed by atoms with Crippen LogP contribution in [0.3, 0.4) is 0 Å². The summed E-state index contributed by atoms with van der Waals surface area (Å²) in [6.07, 6.45) is 8.88. The van der Waals surface area contributed by atoms with E-state index in [4.69, 9.17) is 5.21 Å². The van der Waals surface area contributed by atoms with E-state index < -0.39 is 5.91 Å². The zero-order valence-corrected chi connectivity index (χ0v) is 14.6. The summed E-state index contributed by atoms with van der Waals surface area (Å²) >= 11 is 0. The number of piperidine rings is 1. The quantitative estimate of drug-likeness (QED) is 0.423. The Morgan fingerprint density at radius 3 is 2.77 bits per heavy atom. The van der Waals surface area contributed by atoms with Crippen molar-refractivity contribution in [2.24, 2.45) is 0 Å².